The summed E-state index contributed by atoms with van der Waals surface area (Å²) in [7, 11) is 1.23. The minimum absolute atomic E-state index is 0.0179. The van der Waals surface area contributed by atoms with E-state index < -0.39 is 12.1 Å². The smallest absolute Gasteiger partial charge is 0.335 e. The first kappa shape index (κ1) is 26.2. The van der Waals surface area contributed by atoms with Crippen molar-refractivity contribution in [2.45, 2.75) is 45.1 Å². The fourth-order valence-corrected chi connectivity index (χ4v) is 5.03. The van der Waals surface area contributed by atoms with Crippen molar-refractivity contribution in [2.24, 2.45) is 0 Å². The van der Waals surface area contributed by atoms with Crippen LogP contribution in [0.4, 0.5) is 0 Å². The molecule has 0 aliphatic heterocycles. The molecule has 0 aliphatic carbocycles. The number of hydrogen-bond acceptors (Lipinski definition) is 6. The van der Waals surface area contributed by atoms with Gasteiger partial charge in [-0.3, -0.25) is 4.98 Å². The zero-order valence-electron chi connectivity index (χ0n) is 19.2. The number of aromatic nitrogens is 1. The van der Waals surface area contributed by atoms with Crippen LogP contribution in [0.1, 0.15) is 42.0 Å². The van der Waals surface area contributed by atoms with E-state index in [1.165, 1.54) is 7.11 Å². The minimum Gasteiger partial charge on any atom is -0.507 e. The first-order valence-corrected chi connectivity index (χ1v) is 12.4. The standard InChI is InChI=1S/C26H27Br2NO5/c1-15(2)21-14-20(11-17(24(21)31)5-4-16-6-8-29-9-7-16)34-25-18(10-19(27)13-22(25)28)12-23(30)26(32)33-3/h6-11,13-15,23,30-31H,4-5,12H2,1-3H3. The summed E-state index contributed by atoms with van der Waals surface area (Å²) in [5.74, 6) is 0.673. The van der Waals surface area contributed by atoms with Crippen molar-refractivity contribution in [3.05, 3.63) is 80.0 Å². The number of aliphatic hydroxyl groups excluding tert-OH is 1. The van der Waals surface area contributed by atoms with Crippen LogP contribution in [0.25, 0.3) is 0 Å². The van der Waals surface area contributed by atoms with Crippen LogP contribution in [-0.2, 0) is 28.8 Å². The van der Waals surface area contributed by atoms with E-state index in [0.717, 1.165) is 27.6 Å². The molecule has 0 amide bonds. The highest BCUT2D eigenvalue weighted by atomic mass is 79.9. The highest BCUT2D eigenvalue weighted by Crippen LogP contribution is 2.40. The van der Waals surface area contributed by atoms with Gasteiger partial charge in [-0.25, -0.2) is 4.79 Å². The number of carbonyl (C=O) groups excluding carboxylic acids is 1. The van der Waals surface area contributed by atoms with E-state index in [2.05, 4.69) is 41.6 Å². The molecule has 1 heterocycles. The molecule has 0 spiro atoms. The SMILES string of the molecule is COC(=O)C(O)Cc1cc(Br)cc(Br)c1Oc1cc(CCc2ccncc2)c(O)c(C(C)C)c1. The Labute approximate surface area is 216 Å². The van der Waals surface area contributed by atoms with Gasteiger partial charge in [0.25, 0.3) is 0 Å². The van der Waals surface area contributed by atoms with E-state index in [4.69, 9.17) is 4.74 Å². The number of halogens is 2. The van der Waals surface area contributed by atoms with Crippen molar-refractivity contribution in [3.8, 4) is 17.2 Å². The summed E-state index contributed by atoms with van der Waals surface area (Å²) in [5.41, 5.74) is 3.31. The number of pyridine rings is 1. The third kappa shape index (κ3) is 6.58. The fraction of sp³-hybridized carbons (Fsp3) is 0.308. The zero-order valence-corrected chi connectivity index (χ0v) is 22.4. The Hall–Kier alpha value is -2.42. The zero-order chi connectivity index (χ0) is 24.8. The van der Waals surface area contributed by atoms with Gasteiger partial charge in [-0.15, -0.1) is 0 Å². The van der Waals surface area contributed by atoms with Gasteiger partial charge in [0.15, 0.2) is 6.10 Å². The van der Waals surface area contributed by atoms with Crippen LogP contribution < -0.4 is 4.74 Å². The number of aryl methyl sites for hydroxylation is 2. The van der Waals surface area contributed by atoms with Gasteiger partial charge < -0.3 is 19.7 Å². The first-order chi connectivity index (χ1) is 16.2. The number of nitrogens with zero attached hydrogens (tertiary/aromatic N) is 1. The first-order valence-electron chi connectivity index (χ1n) is 10.9. The number of benzene rings is 2. The number of carbonyl (C=O) groups is 1. The summed E-state index contributed by atoms with van der Waals surface area (Å²) in [6.07, 6.45) is 3.57. The number of rotatable bonds is 9. The summed E-state index contributed by atoms with van der Waals surface area (Å²) in [6, 6.07) is 11.2. The van der Waals surface area contributed by atoms with Crippen molar-refractivity contribution in [2.75, 3.05) is 7.11 Å². The molecule has 1 aromatic heterocycles. The van der Waals surface area contributed by atoms with Gasteiger partial charge in [-0.2, -0.15) is 0 Å². The summed E-state index contributed by atoms with van der Waals surface area (Å²) in [4.78, 5) is 15.8. The highest BCUT2D eigenvalue weighted by molar-refractivity contribution is 9.11. The van der Waals surface area contributed by atoms with Gasteiger partial charge in [0.2, 0.25) is 0 Å². The lowest BCUT2D eigenvalue weighted by Gasteiger charge is -2.19. The average Bonchev–Trinajstić information content (AvgIpc) is 2.81. The maximum Gasteiger partial charge on any atom is 0.335 e. The number of aliphatic hydroxyl groups is 1. The normalized spacial score (nSPS) is 12.0. The molecule has 6 nitrogen and oxygen atoms in total. The van der Waals surface area contributed by atoms with E-state index in [-0.39, 0.29) is 18.1 Å². The second kappa shape index (κ2) is 11.8. The van der Waals surface area contributed by atoms with Crippen LogP contribution in [-0.4, -0.2) is 34.4 Å². The Morgan fingerprint density at radius 2 is 1.76 bits per heavy atom. The number of esters is 1. The Kier molecular flexibility index (Phi) is 9.10. The van der Waals surface area contributed by atoms with E-state index in [1.807, 2.05) is 44.2 Å². The van der Waals surface area contributed by atoms with E-state index in [0.29, 0.717) is 28.0 Å². The van der Waals surface area contributed by atoms with Crippen molar-refractivity contribution < 1.29 is 24.5 Å². The van der Waals surface area contributed by atoms with Crippen LogP contribution >= 0.6 is 31.9 Å². The molecule has 2 aromatic carbocycles. The molecule has 1 atom stereocenters. The Morgan fingerprint density at radius 1 is 1.06 bits per heavy atom. The molecular weight excluding hydrogens is 566 g/mol. The Bertz CT molecular complexity index is 1150. The van der Waals surface area contributed by atoms with Gasteiger partial charge in [-0.05, 0) is 82.2 Å². The molecule has 0 saturated heterocycles. The molecule has 0 aliphatic rings. The van der Waals surface area contributed by atoms with Gasteiger partial charge in [0.05, 0.1) is 11.6 Å². The van der Waals surface area contributed by atoms with Gasteiger partial charge in [-0.1, -0.05) is 29.8 Å². The molecule has 34 heavy (non-hydrogen) atoms. The molecule has 0 bridgehead atoms. The highest BCUT2D eigenvalue weighted by Gasteiger charge is 2.22. The summed E-state index contributed by atoms with van der Waals surface area (Å²) in [5, 5.41) is 21.1. The van der Waals surface area contributed by atoms with E-state index in [1.54, 1.807) is 18.5 Å². The van der Waals surface area contributed by atoms with Crippen molar-refractivity contribution in [3.63, 3.8) is 0 Å². The molecular formula is C26H27Br2NO5. The number of hydrogen-bond donors (Lipinski definition) is 2. The minimum atomic E-state index is -1.32. The third-order valence-electron chi connectivity index (χ3n) is 5.44. The van der Waals surface area contributed by atoms with Crippen LogP contribution in [0.15, 0.2) is 57.7 Å². The molecule has 2 N–H and O–H groups in total. The molecule has 0 fully saturated rings. The second-order valence-electron chi connectivity index (χ2n) is 8.25. The predicted molar refractivity (Wildman–Crippen MR) is 137 cm³/mol. The van der Waals surface area contributed by atoms with Gasteiger partial charge in [0.1, 0.15) is 17.2 Å². The summed E-state index contributed by atoms with van der Waals surface area (Å²) < 4.78 is 12.4. The number of phenols is 1. The molecule has 3 aromatic rings. The second-order valence-corrected chi connectivity index (χ2v) is 10.0. The van der Waals surface area contributed by atoms with Crippen molar-refractivity contribution >= 4 is 37.8 Å². The Morgan fingerprint density at radius 3 is 2.41 bits per heavy atom. The quantitative estimate of drug-likeness (QED) is 0.292. The van der Waals surface area contributed by atoms with Crippen LogP contribution in [0.3, 0.4) is 0 Å². The maximum atomic E-state index is 11.8. The van der Waals surface area contributed by atoms with Crippen LogP contribution in [0.2, 0.25) is 0 Å². The van der Waals surface area contributed by atoms with Gasteiger partial charge >= 0.3 is 5.97 Å². The third-order valence-corrected chi connectivity index (χ3v) is 6.48. The molecule has 0 saturated carbocycles. The molecule has 8 heteroatoms. The van der Waals surface area contributed by atoms with Crippen molar-refractivity contribution in [1.82, 2.24) is 4.98 Å². The molecule has 0 radical (unpaired) electrons. The largest absolute Gasteiger partial charge is 0.507 e. The Balaban J connectivity index is 1.97. The summed E-state index contributed by atoms with van der Waals surface area (Å²) in [6.45, 7) is 4.03. The lowest BCUT2D eigenvalue weighted by atomic mass is 9.95. The number of methoxy groups -OCH3 is 1. The maximum absolute atomic E-state index is 11.8. The van der Waals surface area contributed by atoms with Gasteiger partial charge in [0, 0.05) is 34.4 Å². The number of aromatic hydroxyl groups is 1. The monoisotopic (exact) mass is 591 g/mol. The lowest BCUT2D eigenvalue weighted by molar-refractivity contribution is -0.150. The summed E-state index contributed by atoms with van der Waals surface area (Å²) >= 11 is 6.98. The van der Waals surface area contributed by atoms with Crippen LogP contribution in [0.5, 0.6) is 17.2 Å². The topological polar surface area (TPSA) is 88.9 Å². The molecule has 3 rings (SSSR count). The van der Waals surface area contributed by atoms with E-state index >= 15 is 0 Å². The predicted octanol–water partition coefficient (Wildman–Crippen LogP) is 6.09. The lowest BCUT2D eigenvalue weighted by Crippen LogP contribution is -2.24. The fourth-order valence-electron chi connectivity index (χ4n) is 3.63. The van der Waals surface area contributed by atoms with Crippen LogP contribution in [0, 0.1) is 0 Å². The number of phenolic OH excluding ortho intramolecular Hbond substituents is 1. The number of ether oxygens (including phenoxy) is 2. The average molecular weight is 593 g/mol. The molecule has 180 valence electrons. The van der Waals surface area contributed by atoms with E-state index in [9.17, 15) is 15.0 Å². The molecule has 1 unspecified atom stereocenters. The van der Waals surface area contributed by atoms with Crippen molar-refractivity contribution in [1.29, 1.82) is 0 Å².